The summed E-state index contributed by atoms with van der Waals surface area (Å²) < 4.78 is 7.50. The van der Waals surface area contributed by atoms with Crippen LogP contribution in [0, 0.1) is 0 Å². The first kappa shape index (κ1) is 11.3. The van der Waals surface area contributed by atoms with E-state index in [1.807, 2.05) is 0 Å². The summed E-state index contributed by atoms with van der Waals surface area (Å²) in [6.45, 7) is 0. The molecule has 0 aliphatic rings. The second-order valence-electron chi connectivity index (χ2n) is 4.21. The molecule has 19 heavy (non-hydrogen) atoms. The molecule has 0 aliphatic carbocycles. The molecular weight excluding hydrogens is 246 g/mol. The van der Waals surface area contributed by atoms with Crippen LogP contribution in [0.3, 0.4) is 0 Å². The molecule has 0 radical (unpaired) electrons. The topological polar surface area (TPSA) is 83.2 Å². The van der Waals surface area contributed by atoms with Crippen LogP contribution < -0.4 is 11.4 Å². The summed E-state index contributed by atoms with van der Waals surface area (Å²) >= 11 is 0. The first-order chi connectivity index (χ1) is 9.09. The van der Waals surface area contributed by atoms with Gasteiger partial charge in [0.15, 0.2) is 5.76 Å². The quantitative estimate of drug-likeness (QED) is 0.664. The lowest BCUT2D eigenvalue weighted by atomic mass is 10.2. The summed E-state index contributed by atoms with van der Waals surface area (Å²) in [5.41, 5.74) is 6.87. The van der Waals surface area contributed by atoms with Crippen LogP contribution in [-0.4, -0.2) is 15.0 Å². The van der Waals surface area contributed by atoms with Crippen LogP contribution in [0.15, 0.2) is 45.8 Å². The van der Waals surface area contributed by atoms with Gasteiger partial charge in [-0.05, 0) is 30.3 Å². The van der Waals surface area contributed by atoms with Crippen molar-refractivity contribution in [3.63, 3.8) is 0 Å². The van der Waals surface area contributed by atoms with Gasteiger partial charge in [-0.25, -0.2) is 9.36 Å². The van der Waals surface area contributed by atoms with Crippen LogP contribution in [0.1, 0.15) is 10.6 Å². The molecule has 0 fully saturated rings. The van der Waals surface area contributed by atoms with Crippen LogP contribution in [0.5, 0.6) is 0 Å². The number of nitrogen functional groups attached to an aromatic ring is 1. The lowest BCUT2D eigenvalue weighted by Gasteiger charge is -1.99. The van der Waals surface area contributed by atoms with E-state index in [4.69, 9.17) is 10.2 Å². The van der Waals surface area contributed by atoms with Gasteiger partial charge >= 0.3 is 11.6 Å². The molecule has 1 aromatic carbocycles. The van der Waals surface area contributed by atoms with Gasteiger partial charge in [0.1, 0.15) is 0 Å². The number of hydrogen-bond donors (Lipinski definition) is 1. The van der Waals surface area contributed by atoms with Gasteiger partial charge < -0.3 is 10.2 Å². The molecule has 96 valence electrons. The van der Waals surface area contributed by atoms with Crippen LogP contribution in [0.4, 0.5) is 5.69 Å². The van der Waals surface area contributed by atoms with Crippen molar-refractivity contribution in [2.45, 2.75) is 0 Å². The predicted molar refractivity (Wildman–Crippen MR) is 70.0 cm³/mol. The lowest BCUT2D eigenvalue weighted by Crippen LogP contribution is -2.28. The average Bonchev–Trinajstić information content (AvgIpc) is 2.98. The van der Waals surface area contributed by atoms with Gasteiger partial charge in [-0.3, -0.25) is 9.36 Å². The van der Waals surface area contributed by atoms with Crippen molar-refractivity contribution in [2.24, 2.45) is 7.05 Å². The Morgan fingerprint density at radius 1 is 1.26 bits per heavy atom. The molecule has 2 heterocycles. The average molecular weight is 257 g/mol. The van der Waals surface area contributed by atoms with Crippen LogP contribution in [0.2, 0.25) is 0 Å². The normalized spacial score (nSPS) is 11.0. The van der Waals surface area contributed by atoms with E-state index in [-0.39, 0.29) is 5.76 Å². The number of carbonyl (C=O) groups is 1. The zero-order chi connectivity index (χ0) is 13.6. The molecule has 2 N–H and O–H groups in total. The summed E-state index contributed by atoms with van der Waals surface area (Å²) in [5.74, 6) is -0.400. The lowest BCUT2D eigenvalue weighted by molar-refractivity contribution is 0.0932. The van der Waals surface area contributed by atoms with E-state index in [0.29, 0.717) is 16.7 Å². The third kappa shape index (κ3) is 1.57. The van der Waals surface area contributed by atoms with Gasteiger partial charge in [0.05, 0.1) is 17.3 Å². The molecule has 6 nitrogen and oxygen atoms in total. The number of nitrogens with two attached hydrogens (primary N) is 1. The van der Waals surface area contributed by atoms with Gasteiger partial charge in [0.2, 0.25) is 0 Å². The summed E-state index contributed by atoms with van der Waals surface area (Å²) in [6, 6.07) is 8.09. The maximum absolute atomic E-state index is 12.3. The fourth-order valence-electron chi connectivity index (χ4n) is 2.07. The van der Waals surface area contributed by atoms with E-state index in [2.05, 4.69) is 0 Å². The number of furan rings is 1. The smallest absolute Gasteiger partial charge is 0.336 e. The van der Waals surface area contributed by atoms with Crippen molar-refractivity contribution in [1.82, 2.24) is 9.13 Å². The highest BCUT2D eigenvalue weighted by Gasteiger charge is 2.20. The molecule has 0 bridgehead atoms. The number of benzene rings is 1. The number of nitrogens with zero attached hydrogens (tertiary/aromatic N) is 2. The van der Waals surface area contributed by atoms with E-state index in [1.165, 1.54) is 16.9 Å². The van der Waals surface area contributed by atoms with E-state index >= 15 is 0 Å². The van der Waals surface area contributed by atoms with Crippen molar-refractivity contribution < 1.29 is 9.21 Å². The zero-order valence-electron chi connectivity index (χ0n) is 10.2. The van der Waals surface area contributed by atoms with E-state index in [9.17, 15) is 9.59 Å². The molecule has 0 unspecified atom stereocenters. The standard InChI is InChI=1S/C13H11N3O3/c1-15-9-5-4-8(14)7-10(9)16(13(15)18)12(17)11-3-2-6-19-11/h2-7H,14H2,1H3. The molecular formula is C13H11N3O3. The first-order valence-corrected chi connectivity index (χ1v) is 5.65. The van der Waals surface area contributed by atoms with Crippen molar-refractivity contribution in [3.05, 3.63) is 52.8 Å². The Kier molecular flexibility index (Phi) is 2.31. The molecule has 3 rings (SSSR count). The van der Waals surface area contributed by atoms with Gasteiger partial charge in [-0.15, -0.1) is 0 Å². The third-order valence-corrected chi connectivity index (χ3v) is 3.01. The number of carbonyl (C=O) groups excluding carboxylic acids is 1. The van der Waals surface area contributed by atoms with Gasteiger partial charge in [-0.1, -0.05) is 0 Å². The molecule has 3 aromatic rings. The van der Waals surface area contributed by atoms with Crippen molar-refractivity contribution in [3.8, 4) is 0 Å². The monoisotopic (exact) mass is 257 g/mol. The summed E-state index contributed by atoms with van der Waals surface area (Å²) in [4.78, 5) is 24.4. The number of rotatable bonds is 1. The Bertz CT molecular complexity index is 825. The molecule has 0 saturated carbocycles. The minimum Gasteiger partial charge on any atom is -0.459 e. The number of aromatic nitrogens is 2. The van der Waals surface area contributed by atoms with Gasteiger partial charge in [0, 0.05) is 12.7 Å². The van der Waals surface area contributed by atoms with Gasteiger partial charge in [-0.2, -0.15) is 0 Å². The maximum atomic E-state index is 12.3. The second kappa shape index (κ2) is 3.88. The molecule has 0 atom stereocenters. The minimum atomic E-state index is -0.508. The number of imidazole rings is 1. The Morgan fingerprint density at radius 2 is 2.05 bits per heavy atom. The fraction of sp³-hybridized carbons (Fsp3) is 0.0769. The fourth-order valence-corrected chi connectivity index (χ4v) is 2.07. The molecule has 0 spiro atoms. The largest absolute Gasteiger partial charge is 0.459 e. The number of anilines is 1. The van der Waals surface area contributed by atoms with Crippen LogP contribution in [0.25, 0.3) is 11.0 Å². The molecule has 0 saturated heterocycles. The SMILES string of the molecule is Cn1c(=O)n(C(=O)c2ccco2)c2cc(N)ccc21. The van der Waals surface area contributed by atoms with E-state index in [1.54, 1.807) is 31.3 Å². The molecule has 2 aromatic heterocycles. The van der Waals surface area contributed by atoms with Crippen LogP contribution >= 0.6 is 0 Å². The molecule has 0 aliphatic heterocycles. The molecule has 0 amide bonds. The minimum absolute atomic E-state index is 0.108. The van der Waals surface area contributed by atoms with Crippen LogP contribution in [-0.2, 0) is 7.05 Å². The second-order valence-corrected chi connectivity index (χ2v) is 4.21. The first-order valence-electron chi connectivity index (χ1n) is 5.65. The van der Waals surface area contributed by atoms with Crippen molar-refractivity contribution in [1.29, 1.82) is 0 Å². The highest BCUT2D eigenvalue weighted by atomic mass is 16.3. The summed E-state index contributed by atoms with van der Waals surface area (Å²) in [6.07, 6.45) is 1.39. The highest BCUT2D eigenvalue weighted by Crippen LogP contribution is 2.17. The molecule has 6 heteroatoms. The maximum Gasteiger partial charge on any atom is 0.336 e. The highest BCUT2D eigenvalue weighted by molar-refractivity contribution is 5.99. The predicted octanol–water partition coefficient (Wildman–Crippen LogP) is 1.20. The number of hydrogen-bond acceptors (Lipinski definition) is 4. The third-order valence-electron chi connectivity index (χ3n) is 3.01. The summed E-state index contributed by atoms with van der Waals surface area (Å²) in [7, 11) is 1.60. The summed E-state index contributed by atoms with van der Waals surface area (Å²) in [5, 5.41) is 0. The van der Waals surface area contributed by atoms with Crippen molar-refractivity contribution >= 4 is 22.6 Å². The zero-order valence-corrected chi connectivity index (χ0v) is 10.2. The number of aryl methyl sites for hydroxylation is 1. The van der Waals surface area contributed by atoms with E-state index in [0.717, 1.165) is 4.57 Å². The Labute approximate surface area is 107 Å². The Balaban J connectivity index is 2.35. The van der Waals surface area contributed by atoms with E-state index < -0.39 is 11.6 Å². The van der Waals surface area contributed by atoms with Crippen molar-refractivity contribution in [2.75, 3.05) is 5.73 Å². The number of fused-ring (bicyclic) bond motifs is 1. The van der Waals surface area contributed by atoms with Gasteiger partial charge in [0.25, 0.3) is 0 Å². The Morgan fingerprint density at radius 3 is 2.74 bits per heavy atom. The Hall–Kier alpha value is -2.76.